The topological polar surface area (TPSA) is 38.7 Å². The van der Waals surface area contributed by atoms with Gasteiger partial charge in [-0.1, -0.05) is 12.1 Å². The van der Waals surface area contributed by atoms with Gasteiger partial charge < -0.3 is 14.6 Å². The maximum atomic E-state index is 9.38. The number of ether oxygens (including phenoxy) is 2. The molecule has 0 saturated carbocycles. The molecule has 2 atom stereocenters. The van der Waals surface area contributed by atoms with Crippen molar-refractivity contribution in [3.05, 3.63) is 48.0 Å². The number of fused-ring (bicyclic) bond motifs is 1. The van der Waals surface area contributed by atoms with Crippen LogP contribution >= 0.6 is 11.8 Å². The van der Waals surface area contributed by atoms with Crippen LogP contribution in [-0.2, 0) is 0 Å². The molecule has 0 spiro atoms. The number of hydrogen-bond donors (Lipinski definition) is 1. The fourth-order valence-corrected chi connectivity index (χ4v) is 3.41. The molecule has 0 aliphatic carbocycles. The third kappa shape index (κ3) is 2.43. The molecule has 0 bridgehead atoms. The van der Waals surface area contributed by atoms with E-state index in [1.165, 1.54) is 0 Å². The Morgan fingerprint density at radius 2 is 1.90 bits per heavy atom. The number of benzene rings is 2. The number of thioether (sulfide) groups is 1. The first-order valence-corrected chi connectivity index (χ1v) is 7.35. The van der Waals surface area contributed by atoms with Crippen LogP contribution in [0.3, 0.4) is 0 Å². The summed E-state index contributed by atoms with van der Waals surface area (Å²) in [7, 11) is 1.65. The highest BCUT2D eigenvalue weighted by Gasteiger charge is 2.29. The summed E-state index contributed by atoms with van der Waals surface area (Å²) in [4.78, 5) is 1.13. The lowest BCUT2D eigenvalue weighted by molar-refractivity contribution is 0.194. The highest BCUT2D eigenvalue weighted by molar-refractivity contribution is 8.00. The summed E-state index contributed by atoms with van der Waals surface area (Å²) in [6.07, 6.45) is -0.0276. The van der Waals surface area contributed by atoms with Crippen LogP contribution in [0.1, 0.15) is 18.6 Å². The Bertz CT molecular complexity index is 610. The minimum absolute atomic E-state index is 0.0276. The molecule has 1 aliphatic heterocycles. The summed E-state index contributed by atoms with van der Waals surface area (Å²) in [6, 6.07) is 13.1. The maximum absolute atomic E-state index is 9.38. The first-order chi connectivity index (χ1) is 9.67. The minimum Gasteiger partial charge on any atom is -0.508 e. The van der Waals surface area contributed by atoms with Gasteiger partial charge in [-0.25, -0.2) is 0 Å². The molecule has 0 radical (unpaired) electrons. The zero-order valence-corrected chi connectivity index (χ0v) is 12.2. The van der Waals surface area contributed by atoms with Crippen LogP contribution in [0.25, 0.3) is 0 Å². The number of methoxy groups -OCH3 is 1. The highest BCUT2D eigenvalue weighted by Crippen LogP contribution is 2.46. The predicted octanol–water partition coefficient (Wildman–Crippen LogP) is 4.02. The van der Waals surface area contributed by atoms with Gasteiger partial charge in [-0.3, -0.25) is 0 Å². The number of phenols is 1. The normalized spacial score (nSPS) is 20.9. The Hall–Kier alpha value is -1.81. The molecule has 1 heterocycles. The summed E-state index contributed by atoms with van der Waals surface area (Å²) >= 11 is 1.80. The van der Waals surface area contributed by atoms with E-state index < -0.39 is 0 Å². The van der Waals surface area contributed by atoms with Gasteiger partial charge in [-0.2, -0.15) is 0 Å². The van der Waals surface area contributed by atoms with Gasteiger partial charge in [-0.15, -0.1) is 11.8 Å². The standard InChI is InChI=1S/C16H16O3S/c1-10-16(11-3-5-12(17)6-4-11)19-14-9-13(18-2)7-8-15(14)20-10/h3-10,16-17H,1-2H3. The monoisotopic (exact) mass is 288 g/mol. The van der Waals surface area contributed by atoms with E-state index in [9.17, 15) is 5.11 Å². The molecule has 1 N–H and O–H groups in total. The van der Waals surface area contributed by atoms with E-state index in [4.69, 9.17) is 9.47 Å². The fraction of sp³-hybridized carbons (Fsp3) is 0.250. The minimum atomic E-state index is -0.0276. The van der Waals surface area contributed by atoms with Gasteiger partial charge in [0.25, 0.3) is 0 Å². The number of phenolic OH excluding ortho intramolecular Hbond substituents is 1. The maximum Gasteiger partial charge on any atom is 0.137 e. The SMILES string of the molecule is COc1ccc2c(c1)OC(c1ccc(O)cc1)C(C)S2. The van der Waals surface area contributed by atoms with Crippen molar-refractivity contribution in [3.63, 3.8) is 0 Å². The van der Waals surface area contributed by atoms with E-state index in [0.717, 1.165) is 22.0 Å². The summed E-state index contributed by atoms with van der Waals surface area (Å²) < 4.78 is 11.4. The first-order valence-electron chi connectivity index (χ1n) is 6.47. The van der Waals surface area contributed by atoms with Crippen LogP contribution in [0.5, 0.6) is 17.2 Å². The van der Waals surface area contributed by atoms with Gasteiger partial charge in [0, 0.05) is 11.3 Å². The third-order valence-electron chi connectivity index (χ3n) is 3.37. The quantitative estimate of drug-likeness (QED) is 0.906. The smallest absolute Gasteiger partial charge is 0.137 e. The second-order valence-corrected chi connectivity index (χ2v) is 6.18. The van der Waals surface area contributed by atoms with E-state index in [0.29, 0.717) is 5.25 Å². The van der Waals surface area contributed by atoms with Crippen molar-refractivity contribution >= 4 is 11.8 Å². The predicted molar refractivity (Wildman–Crippen MR) is 79.8 cm³/mol. The van der Waals surface area contributed by atoms with Crippen LogP contribution in [-0.4, -0.2) is 17.5 Å². The summed E-state index contributed by atoms with van der Waals surface area (Å²) in [5, 5.41) is 9.69. The lowest BCUT2D eigenvalue weighted by Gasteiger charge is -2.31. The molecule has 3 nitrogen and oxygen atoms in total. The Labute approximate surface area is 122 Å². The fourth-order valence-electron chi connectivity index (χ4n) is 2.30. The van der Waals surface area contributed by atoms with Crippen LogP contribution in [0, 0.1) is 0 Å². The van der Waals surface area contributed by atoms with Crippen molar-refractivity contribution in [2.75, 3.05) is 7.11 Å². The van der Waals surface area contributed by atoms with Crippen LogP contribution in [0.2, 0.25) is 0 Å². The molecular formula is C16H16O3S. The van der Waals surface area contributed by atoms with Crippen molar-refractivity contribution in [3.8, 4) is 17.2 Å². The van der Waals surface area contributed by atoms with E-state index in [-0.39, 0.29) is 11.9 Å². The van der Waals surface area contributed by atoms with E-state index in [1.54, 1.807) is 31.0 Å². The molecule has 2 unspecified atom stereocenters. The summed E-state index contributed by atoms with van der Waals surface area (Å²) in [5.41, 5.74) is 1.07. The lowest BCUT2D eigenvalue weighted by atomic mass is 10.1. The number of rotatable bonds is 2. The van der Waals surface area contributed by atoms with Gasteiger partial charge in [0.1, 0.15) is 23.4 Å². The van der Waals surface area contributed by atoms with Crippen LogP contribution < -0.4 is 9.47 Å². The largest absolute Gasteiger partial charge is 0.508 e. The average molecular weight is 288 g/mol. The molecule has 2 aromatic carbocycles. The summed E-state index contributed by atoms with van der Waals surface area (Å²) in [5.74, 6) is 1.92. The Morgan fingerprint density at radius 3 is 2.60 bits per heavy atom. The molecule has 1 aliphatic rings. The molecule has 0 fully saturated rings. The Morgan fingerprint density at radius 1 is 1.15 bits per heavy atom. The Balaban J connectivity index is 1.92. The van der Waals surface area contributed by atoms with Gasteiger partial charge in [-0.05, 0) is 36.8 Å². The number of hydrogen-bond acceptors (Lipinski definition) is 4. The van der Waals surface area contributed by atoms with Gasteiger partial charge in [0.2, 0.25) is 0 Å². The molecule has 0 saturated heterocycles. The van der Waals surface area contributed by atoms with E-state index in [2.05, 4.69) is 6.92 Å². The molecule has 0 amide bonds. The highest BCUT2D eigenvalue weighted by atomic mass is 32.2. The zero-order chi connectivity index (χ0) is 14.1. The average Bonchev–Trinajstić information content (AvgIpc) is 2.47. The van der Waals surface area contributed by atoms with Crippen LogP contribution in [0.15, 0.2) is 47.4 Å². The zero-order valence-electron chi connectivity index (χ0n) is 11.4. The van der Waals surface area contributed by atoms with Gasteiger partial charge in [0.15, 0.2) is 0 Å². The van der Waals surface area contributed by atoms with Crippen molar-refractivity contribution < 1.29 is 14.6 Å². The van der Waals surface area contributed by atoms with Gasteiger partial charge >= 0.3 is 0 Å². The number of aromatic hydroxyl groups is 1. The molecular weight excluding hydrogens is 272 g/mol. The second kappa shape index (κ2) is 5.29. The molecule has 4 heteroatoms. The molecule has 0 aromatic heterocycles. The Kier molecular flexibility index (Phi) is 3.49. The molecule has 104 valence electrons. The van der Waals surface area contributed by atoms with Gasteiger partial charge in [0.05, 0.1) is 12.0 Å². The molecule has 3 rings (SSSR count). The van der Waals surface area contributed by atoms with E-state index >= 15 is 0 Å². The third-order valence-corrected chi connectivity index (χ3v) is 4.58. The lowest BCUT2D eigenvalue weighted by Crippen LogP contribution is -2.22. The van der Waals surface area contributed by atoms with E-state index in [1.807, 2.05) is 30.3 Å². The molecule has 20 heavy (non-hydrogen) atoms. The first kappa shape index (κ1) is 13.2. The summed E-state index contributed by atoms with van der Waals surface area (Å²) in [6.45, 7) is 2.15. The van der Waals surface area contributed by atoms with Crippen molar-refractivity contribution in [2.24, 2.45) is 0 Å². The van der Waals surface area contributed by atoms with Crippen molar-refractivity contribution in [1.82, 2.24) is 0 Å². The second-order valence-electron chi connectivity index (χ2n) is 4.77. The van der Waals surface area contributed by atoms with Crippen molar-refractivity contribution in [1.29, 1.82) is 0 Å². The van der Waals surface area contributed by atoms with Crippen molar-refractivity contribution in [2.45, 2.75) is 23.2 Å². The molecule has 2 aromatic rings. The van der Waals surface area contributed by atoms with Crippen LogP contribution in [0.4, 0.5) is 0 Å².